The van der Waals surface area contributed by atoms with Crippen LogP contribution in [0.15, 0.2) is 24.3 Å². The van der Waals surface area contributed by atoms with Crippen molar-refractivity contribution >= 4 is 23.4 Å². The fourth-order valence-electron chi connectivity index (χ4n) is 2.57. The van der Waals surface area contributed by atoms with Crippen molar-refractivity contribution < 1.29 is 14.3 Å². The second-order valence-electron chi connectivity index (χ2n) is 5.92. The largest absolute Gasteiger partial charge is 0.374 e. The Morgan fingerprint density at radius 1 is 1.30 bits per heavy atom. The summed E-state index contributed by atoms with van der Waals surface area (Å²) in [7, 11) is 3.39. The Morgan fingerprint density at radius 2 is 2.04 bits per heavy atom. The van der Waals surface area contributed by atoms with Crippen LogP contribution in [-0.4, -0.2) is 61.5 Å². The van der Waals surface area contributed by atoms with Gasteiger partial charge in [0.1, 0.15) is 0 Å². The number of hydrogen-bond acceptors (Lipinski definition) is 3. The molecule has 0 N–H and O–H groups in total. The predicted molar refractivity (Wildman–Crippen MR) is 89.4 cm³/mol. The molecule has 0 saturated carbocycles. The van der Waals surface area contributed by atoms with Crippen molar-refractivity contribution in [3.05, 3.63) is 34.9 Å². The third-order valence-corrected chi connectivity index (χ3v) is 4.32. The Hall–Kier alpha value is -1.59. The topological polar surface area (TPSA) is 49.9 Å². The summed E-state index contributed by atoms with van der Waals surface area (Å²) >= 11 is 6.18. The molecule has 126 valence electrons. The van der Waals surface area contributed by atoms with E-state index in [0.29, 0.717) is 26.1 Å². The molecule has 1 heterocycles. The molecule has 0 aliphatic carbocycles. The number of halogens is 1. The van der Waals surface area contributed by atoms with Crippen LogP contribution in [0.2, 0.25) is 5.02 Å². The maximum absolute atomic E-state index is 12.3. The van der Waals surface area contributed by atoms with E-state index in [1.165, 1.54) is 4.90 Å². The van der Waals surface area contributed by atoms with Gasteiger partial charge in [-0.1, -0.05) is 29.8 Å². The minimum Gasteiger partial charge on any atom is -0.374 e. The van der Waals surface area contributed by atoms with Gasteiger partial charge in [-0.05, 0) is 11.6 Å². The Morgan fingerprint density at radius 3 is 2.74 bits per heavy atom. The normalized spacial score (nSPS) is 17.9. The molecule has 1 fully saturated rings. The zero-order valence-electron chi connectivity index (χ0n) is 13.6. The highest BCUT2D eigenvalue weighted by atomic mass is 35.5. The van der Waals surface area contributed by atoms with Crippen molar-refractivity contribution in [2.24, 2.45) is 0 Å². The van der Waals surface area contributed by atoms with E-state index < -0.39 is 0 Å². The monoisotopic (exact) mass is 338 g/mol. The SMILES string of the molecule is CN(C)C(=O)CCC(=O)N1CCO[C@H](Cc2ccccc2Cl)C1. The first-order valence-corrected chi connectivity index (χ1v) is 8.18. The zero-order chi connectivity index (χ0) is 16.8. The summed E-state index contributed by atoms with van der Waals surface area (Å²) in [5.74, 6) is -0.0214. The third-order valence-electron chi connectivity index (χ3n) is 3.95. The molecule has 1 aliphatic heterocycles. The smallest absolute Gasteiger partial charge is 0.223 e. The Balaban J connectivity index is 1.86. The van der Waals surface area contributed by atoms with E-state index in [0.717, 1.165) is 10.6 Å². The highest BCUT2D eigenvalue weighted by Gasteiger charge is 2.25. The summed E-state index contributed by atoms with van der Waals surface area (Å²) in [4.78, 5) is 27.1. The average Bonchev–Trinajstić information content (AvgIpc) is 2.54. The van der Waals surface area contributed by atoms with Gasteiger partial charge in [0.25, 0.3) is 0 Å². The second kappa shape index (κ2) is 8.31. The zero-order valence-corrected chi connectivity index (χ0v) is 14.4. The molecule has 6 heteroatoms. The van der Waals surface area contributed by atoms with E-state index in [2.05, 4.69) is 0 Å². The molecule has 1 aliphatic rings. The first-order chi connectivity index (χ1) is 11.0. The van der Waals surface area contributed by atoms with Crippen LogP contribution in [0.25, 0.3) is 0 Å². The third kappa shape index (κ3) is 5.22. The minimum atomic E-state index is -0.0582. The van der Waals surface area contributed by atoms with Crippen LogP contribution in [0.1, 0.15) is 18.4 Å². The molecule has 0 unspecified atom stereocenters. The van der Waals surface area contributed by atoms with Crippen molar-refractivity contribution in [1.82, 2.24) is 9.80 Å². The van der Waals surface area contributed by atoms with E-state index in [9.17, 15) is 9.59 Å². The van der Waals surface area contributed by atoms with Crippen LogP contribution < -0.4 is 0 Å². The van der Waals surface area contributed by atoms with Crippen LogP contribution in [-0.2, 0) is 20.7 Å². The van der Waals surface area contributed by atoms with Crippen LogP contribution in [0, 0.1) is 0 Å². The average molecular weight is 339 g/mol. The van der Waals surface area contributed by atoms with Crippen molar-refractivity contribution in [1.29, 1.82) is 0 Å². The summed E-state index contributed by atoms with van der Waals surface area (Å²) in [6, 6.07) is 7.67. The molecule has 1 saturated heterocycles. The number of amides is 2. The van der Waals surface area contributed by atoms with Gasteiger partial charge in [0, 0.05) is 51.5 Å². The molecular formula is C17H23ClN2O3. The molecule has 5 nitrogen and oxygen atoms in total. The fraction of sp³-hybridized carbons (Fsp3) is 0.529. The molecule has 0 aromatic heterocycles. The lowest BCUT2D eigenvalue weighted by atomic mass is 10.1. The van der Waals surface area contributed by atoms with Crippen LogP contribution >= 0.6 is 11.6 Å². The molecule has 1 aromatic rings. The number of morpholine rings is 1. The summed E-state index contributed by atoms with van der Waals surface area (Å²) in [5, 5.41) is 0.719. The molecule has 1 atom stereocenters. The van der Waals surface area contributed by atoms with Crippen LogP contribution in [0.3, 0.4) is 0 Å². The first kappa shape index (κ1) is 17.8. The van der Waals surface area contributed by atoms with Crippen LogP contribution in [0.4, 0.5) is 0 Å². The standard InChI is InChI=1S/C17H23ClN2O3/c1-19(2)16(21)7-8-17(22)20-9-10-23-14(12-20)11-13-5-3-4-6-15(13)18/h3-6,14H,7-12H2,1-2H3/t14-/m1/s1. The van der Waals surface area contributed by atoms with Gasteiger partial charge in [0.15, 0.2) is 0 Å². The van der Waals surface area contributed by atoms with Crippen molar-refractivity contribution in [2.75, 3.05) is 33.8 Å². The molecule has 1 aromatic carbocycles. The summed E-state index contributed by atoms with van der Waals surface area (Å²) in [6.07, 6.45) is 1.12. The van der Waals surface area contributed by atoms with E-state index in [1.807, 2.05) is 24.3 Å². The Bertz CT molecular complexity index is 563. The molecule has 2 rings (SSSR count). The van der Waals surface area contributed by atoms with E-state index in [-0.39, 0.29) is 30.8 Å². The highest BCUT2D eigenvalue weighted by Crippen LogP contribution is 2.19. The van der Waals surface area contributed by atoms with E-state index in [4.69, 9.17) is 16.3 Å². The van der Waals surface area contributed by atoms with Gasteiger partial charge in [-0.25, -0.2) is 0 Å². The number of ether oxygens (including phenoxy) is 1. The van der Waals surface area contributed by atoms with Gasteiger partial charge in [0.05, 0.1) is 12.7 Å². The molecule has 0 spiro atoms. The van der Waals surface area contributed by atoms with Gasteiger partial charge in [0.2, 0.25) is 11.8 Å². The Labute approximate surface area is 142 Å². The van der Waals surface area contributed by atoms with Gasteiger partial charge in [-0.15, -0.1) is 0 Å². The molecule has 0 radical (unpaired) electrons. The maximum Gasteiger partial charge on any atom is 0.223 e. The lowest BCUT2D eigenvalue weighted by Gasteiger charge is -2.33. The number of benzene rings is 1. The van der Waals surface area contributed by atoms with Crippen LogP contribution in [0.5, 0.6) is 0 Å². The lowest BCUT2D eigenvalue weighted by Crippen LogP contribution is -2.46. The van der Waals surface area contributed by atoms with Crippen molar-refractivity contribution in [3.8, 4) is 0 Å². The van der Waals surface area contributed by atoms with Gasteiger partial charge in [-0.2, -0.15) is 0 Å². The van der Waals surface area contributed by atoms with Crippen molar-refractivity contribution in [3.63, 3.8) is 0 Å². The number of rotatable bonds is 5. The predicted octanol–water partition coefficient (Wildman–Crippen LogP) is 1.98. The molecule has 2 amide bonds. The summed E-state index contributed by atoms with van der Waals surface area (Å²) in [6.45, 7) is 1.64. The highest BCUT2D eigenvalue weighted by molar-refractivity contribution is 6.31. The number of carbonyl (C=O) groups is 2. The number of hydrogen-bond donors (Lipinski definition) is 0. The number of carbonyl (C=O) groups excluding carboxylic acids is 2. The quantitative estimate of drug-likeness (QED) is 0.825. The molecule has 23 heavy (non-hydrogen) atoms. The van der Waals surface area contributed by atoms with E-state index >= 15 is 0 Å². The van der Waals surface area contributed by atoms with Crippen molar-refractivity contribution in [2.45, 2.75) is 25.4 Å². The summed E-state index contributed by atoms with van der Waals surface area (Å²) < 4.78 is 5.75. The minimum absolute atomic E-state index is 0.00709. The molecular weight excluding hydrogens is 316 g/mol. The Kier molecular flexibility index (Phi) is 6.42. The van der Waals surface area contributed by atoms with Gasteiger partial charge < -0.3 is 14.5 Å². The summed E-state index contributed by atoms with van der Waals surface area (Å²) in [5.41, 5.74) is 1.02. The lowest BCUT2D eigenvalue weighted by molar-refractivity contribution is -0.141. The van der Waals surface area contributed by atoms with Gasteiger partial charge >= 0.3 is 0 Å². The van der Waals surface area contributed by atoms with Gasteiger partial charge in [-0.3, -0.25) is 9.59 Å². The number of nitrogens with zero attached hydrogens (tertiary/aromatic N) is 2. The molecule has 0 bridgehead atoms. The maximum atomic E-state index is 12.3. The van der Waals surface area contributed by atoms with E-state index in [1.54, 1.807) is 19.0 Å². The second-order valence-corrected chi connectivity index (χ2v) is 6.32. The first-order valence-electron chi connectivity index (χ1n) is 7.80. The fourth-order valence-corrected chi connectivity index (χ4v) is 2.79.